The minimum absolute atomic E-state index is 0.322. The van der Waals surface area contributed by atoms with Crippen LogP contribution in [0, 0.1) is 0 Å². The van der Waals surface area contributed by atoms with Crippen molar-refractivity contribution in [2.75, 3.05) is 13.9 Å². The molecule has 0 fully saturated rings. The molecule has 0 saturated heterocycles. The third kappa shape index (κ3) is 12.9. The highest BCUT2D eigenvalue weighted by Gasteiger charge is 1.98. The summed E-state index contributed by atoms with van der Waals surface area (Å²) in [5.74, 6) is 0.911. The maximum absolute atomic E-state index is 5.49. The maximum atomic E-state index is 5.49. The monoisotopic (exact) mass is 348 g/mol. The fraction of sp³-hybridized carbons (Fsp3) is 0.739. The molecule has 0 aromatic heterocycles. The molecule has 2 heteroatoms. The Morgan fingerprint density at radius 2 is 1.28 bits per heavy atom. The van der Waals surface area contributed by atoms with Crippen LogP contribution in [0.4, 0.5) is 0 Å². The van der Waals surface area contributed by atoms with Gasteiger partial charge in [-0.15, -0.1) is 0 Å². The Labute approximate surface area is 156 Å². The van der Waals surface area contributed by atoms with Crippen molar-refractivity contribution in [3.8, 4) is 5.75 Å². The molecule has 0 unspecified atom stereocenters. The van der Waals surface area contributed by atoms with Gasteiger partial charge in [0.1, 0.15) is 5.75 Å². The number of aryl methyl sites for hydroxylation is 1. The summed E-state index contributed by atoms with van der Waals surface area (Å²) in [6, 6.07) is 8.40. The van der Waals surface area contributed by atoms with Crippen molar-refractivity contribution in [2.24, 2.45) is 0 Å². The van der Waals surface area contributed by atoms with Crippen LogP contribution in [0.1, 0.15) is 96.0 Å². The van der Waals surface area contributed by atoms with Gasteiger partial charge in [-0.05, 0) is 30.5 Å². The fourth-order valence-corrected chi connectivity index (χ4v) is 3.26. The van der Waals surface area contributed by atoms with E-state index >= 15 is 0 Å². The molecule has 25 heavy (non-hydrogen) atoms. The Balaban J connectivity index is 1.90. The number of hydrogen-bond donors (Lipinski definition) is 0. The van der Waals surface area contributed by atoms with E-state index in [9.17, 15) is 0 Å². The minimum Gasteiger partial charge on any atom is -0.468 e. The summed E-state index contributed by atoms with van der Waals surface area (Å²) in [7, 11) is 1.65. The molecule has 0 amide bonds. The lowest BCUT2D eigenvalue weighted by atomic mass is 10.0. The average molecular weight is 349 g/mol. The van der Waals surface area contributed by atoms with E-state index in [1.54, 1.807) is 7.11 Å². The van der Waals surface area contributed by atoms with Gasteiger partial charge >= 0.3 is 0 Å². The number of methoxy groups -OCH3 is 1. The standard InChI is InChI=1S/C23H40O2/c1-3-4-5-6-7-8-9-10-11-12-13-14-15-17-22-18-16-19-23(20-22)25-21-24-2/h16,18-20H,3-15,17,21H2,1-2H3. The van der Waals surface area contributed by atoms with Crippen LogP contribution in [0.25, 0.3) is 0 Å². The van der Waals surface area contributed by atoms with E-state index in [2.05, 4.69) is 25.1 Å². The second-order valence-corrected chi connectivity index (χ2v) is 7.19. The lowest BCUT2D eigenvalue weighted by molar-refractivity contribution is 0.0511. The van der Waals surface area contributed by atoms with E-state index in [-0.39, 0.29) is 0 Å². The van der Waals surface area contributed by atoms with Gasteiger partial charge in [-0.25, -0.2) is 0 Å². The first-order valence-electron chi connectivity index (χ1n) is 10.6. The predicted molar refractivity (Wildman–Crippen MR) is 108 cm³/mol. The molecule has 0 atom stereocenters. The molecule has 0 aliphatic heterocycles. The summed E-state index contributed by atoms with van der Waals surface area (Å²) in [4.78, 5) is 0. The lowest BCUT2D eigenvalue weighted by Crippen LogP contribution is -1.99. The summed E-state index contributed by atoms with van der Waals surface area (Å²) >= 11 is 0. The number of ether oxygens (including phenoxy) is 2. The number of unbranched alkanes of at least 4 members (excludes halogenated alkanes) is 12. The molecule has 0 spiro atoms. The first kappa shape index (κ1) is 22.0. The normalized spacial score (nSPS) is 11.0. The fourth-order valence-electron chi connectivity index (χ4n) is 3.26. The van der Waals surface area contributed by atoms with E-state index in [1.807, 2.05) is 6.07 Å². The molecular formula is C23H40O2. The molecule has 0 heterocycles. The van der Waals surface area contributed by atoms with Gasteiger partial charge in [0, 0.05) is 7.11 Å². The molecule has 0 N–H and O–H groups in total. The van der Waals surface area contributed by atoms with E-state index in [4.69, 9.17) is 9.47 Å². The summed E-state index contributed by atoms with van der Waals surface area (Å²) in [6.07, 6.45) is 19.5. The quantitative estimate of drug-likeness (QED) is 0.217. The summed E-state index contributed by atoms with van der Waals surface area (Å²) < 4.78 is 10.4. The van der Waals surface area contributed by atoms with Crippen LogP contribution in [0.5, 0.6) is 5.75 Å². The van der Waals surface area contributed by atoms with Crippen LogP contribution >= 0.6 is 0 Å². The van der Waals surface area contributed by atoms with Crippen LogP contribution in [-0.4, -0.2) is 13.9 Å². The van der Waals surface area contributed by atoms with Crippen molar-refractivity contribution in [3.05, 3.63) is 29.8 Å². The molecular weight excluding hydrogens is 308 g/mol. The van der Waals surface area contributed by atoms with Gasteiger partial charge in [0.15, 0.2) is 6.79 Å². The van der Waals surface area contributed by atoms with Crippen molar-refractivity contribution < 1.29 is 9.47 Å². The molecule has 0 saturated carbocycles. The van der Waals surface area contributed by atoms with Crippen molar-refractivity contribution >= 4 is 0 Å². The van der Waals surface area contributed by atoms with Crippen molar-refractivity contribution in [1.29, 1.82) is 0 Å². The number of hydrogen-bond acceptors (Lipinski definition) is 2. The summed E-state index contributed by atoms with van der Waals surface area (Å²) in [5.41, 5.74) is 1.37. The zero-order valence-electron chi connectivity index (χ0n) is 16.7. The van der Waals surface area contributed by atoms with Crippen LogP contribution in [-0.2, 0) is 11.2 Å². The van der Waals surface area contributed by atoms with E-state index in [0.717, 1.165) is 12.2 Å². The average Bonchev–Trinajstić information content (AvgIpc) is 2.64. The Kier molecular flexibility index (Phi) is 14.5. The van der Waals surface area contributed by atoms with Crippen LogP contribution in [0.2, 0.25) is 0 Å². The highest BCUT2D eigenvalue weighted by atomic mass is 16.7. The molecule has 1 aromatic rings. The second kappa shape index (κ2) is 16.4. The molecule has 0 aliphatic carbocycles. The maximum Gasteiger partial charge on any atom is 0.188 e. The first-order chi connectivity index (χ1) is 12.4. The van der Waals surface area contributed by atoms with Crippen molar-refractivity contribution in [2.45, 2.75) is 96.8 Å². The van der Waals surface area contributed by atoms with Gasteiger partial charge < -0.3 is 9.47 Å². The van der Waals surface area contributed by atoms with Gasteiger partial charge in [0.2, 0.25) is 0 Å². The van der Waals surface area contributed by atoms with Gasteiger partial charge in [-0.3, -0.25) is 0 Å². The smallest absolute Gasteiger partial charge is 0.188 e. The van der Waals surface area contributed by atoms with Gasteiger partial charge in [0.25, 0.3) is 0 Å². The molecule has 2 nitrogen and oxygen atoms in total. The molecule has 1 rings (SSSR count). The predicted octanol–water partition coefficient (Wildman–Crippen LogP) is 7.30. The summed E-state index contributed by atoms with van der Waals surface area (Å²) in [5, 5.41) is 0. The topological polar surface area (TPSA) is 18.5 Å². The van der Waals surface area contributed by atoms with E-state index < -0.39 is 0 Å². The molecule has 144 valence electrons. The van der Waals surface area contributed by atoms with Gasteiger partial charge in [-0.1, -0.05) is 96.1 Å². The lowest BCUT2D eigenvalue weighted by Gasteiger charge is -2.07. The zero-order valence-corrected chi connectivity index (χ0v) is 16.7. The van der Waals surface area contributed by atoms with E-state index in [0.29, 0.717) is 6.79 Å². The third-order valence-corrected chi connectivity index (χ3v) is 4.81. The second-order valence-electron chi connectivity index (χ2n) is 7.19. The Morgan fingerprint density at radius 1 is 0.720 bits per heavy atom. The Hall–Kier alpha value is -1.02. The molecule has 0 aliphatic rings. The molecule has 1 aromatic carbocycles. The van der Waals surface area contributed by atoms with Gasteiger partial charge in [0.05, 0.1) is 0 Å². The highest BCUT2D eigenvalue weighted by molar-refractivity contribution is 5.28. The molecule has 0 radical (unpaired) electrons. The van der Waals surface area contributed by atoms with Crippen LogP contribution in [0.15, 0.2) is 24.3 Å². The first-order valence-corrected chi connectivity index (χ1v) is 10.6. The van der Waals surface area contributed by atoms with Crippen LogP contribution in [0.3, 0.4) is 0 Å². The highest BCUT2D eigenvalue weighted by Crippen LogP contribution is 2.17. The van der Waals surface area contributed by atoms with Crippen molar-refractivity contribution in [3.63, 3.8) is 0 Å². The number of benzene rings is 1. The summed E-state index contributed by atoms with van der Waals surface area (Å²) in [6.45, 7) is 2.61. The minimum atomic E-state index is 0.322. The van der Waals surface area contributed by atoms with E-state index in [1.165, 1.54) is 89.0 Å². The van der Waals surface area contributed by atoms with Gasteiger partial charge in [-0.2, -0.15) is 0 Å². The Bertz CT molecular complexity index is 403. The third-order valence-electron chi connectivity index (χ3n) is 4.81. The SMILES string of the molecule is CCCCCCCCCCCCCCCc1cccc(OCOC)c1. The molecule has 0 bridgehead atoms. The van der Waals surface area contributed by atoms with Crippen molar-refractivity contribution in [1.82, 2.24) is 0 Å². The zero-order chi connectivity index (χ0) is 18.0. The Morgan fingerprint density at radius 3 is 1.84 bits per heavy atom. The largest absolute Gasteiger partial charge is 0.468 e. The van der Waals surface area contributed by atoms with Crippen LogP contribution < -0.4 is 4.74 Å². The number of rotatable bonds is 17.